The normalized spacial score (nSPS) is 11.6. The van der Waals surface area contributed by atoms with E-state index in [9.17, 15) is 12.8 Å². The molecular weight excluding hydrogens is 289 g/mol. The fraction of sp³-hybridized carbons (Fsp3) is 0.250. The summed E-state index contributed by atoms with van der Waals surface area (Å²) in [5.74, 6) is -0.202. The summed E-state index contributed by atoms with van der Waals surface area (Å²) in [6.07, 6.45) is 1.19. The van der Waals surface area contributed by atoms with Gasteiger partial charge in [-0.25, -0.2) is 12.8 Å². The van der Waals surface area contributed by atoms with Crippen molar-refractivity contribution in [3.8, 4) is 0 Å². The molecule has 0 aromatic heterocycles. The van der Waals surface area contributed by atoms with Gasteiger partial charge in [0, 0.05) is 19.3 Å². The number of sulfone groups is 1. The fourth-order valence-electron chi connectivity index (χ4n) is 1.95. The lowest BCUT2D eigenvalue weighted by Crippen LogP contribution is -2.13. The Morgan fingerprint density at radius 1 is 1.00 bits per heavy atom. The fourth-order valence-corrected chi connectivity index (χ4v) is 2.58. The third-order valence-corrected chi connectivity index (χ3v) is 4.37. The topological polar surface area (TPSA) is 46.2 Å². The highest BCUT2D eigenvalue weighted by molar-refractivity contribution is 7.90. The number of benzene rings is 2. The van der Waals surface area contributed by atoms with Crippen LogP contribution < -0.4 is 5.32 Å². The van der Waals surface area contributed by atoms with Crippen molar-refractivity contribution in [2.45, 2.75) is 24.9 Å². The van der Waals surface area contributed by atoms with Gasteiger partial charge in [-0.2, -0.15) is 0 Å². The zero-order valence-corrected chi connectivity index (χ0v) is 12.9. The van der Waals surface area contributed by atoms with E-state index in [1.807, 2.05) is 6.07 Å². The van der Waals surface area contributed by atoms with Gasteiger partial charge in [-0.15, -0.1) is 0 Å². The Morgan fingerprint density at radius 3 is 2.14 bits per heavy atom. The lowest BCUT2D eigenvalue weighted by Gasteiger charge is -2.07. The van der Waals surface area contributed by atoms with E-state index in [1.54, 1.807) is 37.3 Å². The summed E-state index contributed by atoms with van der Waals surface area (Å²) in [6.45, 7) is 2.89. The number of rotatable bonds is 5. The summed E-state index contributed by atoms with van der Waals surface area (Å²) >= 11 is 0. The Labute approximate surface area is 124 Å². The molecule has 0 spiro atoms. The number of hydrogen-bond donors (Lipinski definition) is 1. The van der Waals surface area contributed by atoms with Crippen LogP contribution >= 0.6 is 0 Å². The van der Waals surface area contributed by atoms with Crippen LogP contribution in [0.15, 0.2) is 47.4 Å². The lowest BCUT2D eigenvalue weighted by molar-refractivity contribution is 0.602. The van der Waals surface area contributed by atoms with Gasteiger partial charge in [0.25, 0.3) is 0 Å². The maximum absolute atomic E-state index is 13.4. The molecule has 1 N–H and O–H groups in total. The third-order valence-electron chi connectivity index (χ3n) is 3.25. The van der Waals surface area contributed by atoms with E-state index in [1.165, 1.54) is 12.3 Å². The summed E-state index contributed by atoms with van der Waals surface area (Å²) in [5.41, 5.74) is 2.50. The molecule has 2 aromatic rings. The molecule has 112 valence electrons. The van der Waals surface area contributed by atoms with E-state index in [2.05, 4.69) is 5.32 Å². The van der Waals surface area contributed by atoms with E-state index >= 15 is 0 Å². The number of hydrogen-bond acceptors (Lipinski definition) is 3. The molecule has 0 bridgehead atoms. The molecular formula is C16H18FNO2S. The number of halogens is 1. The van der Waals surface area contributed by atoms with Gasteiger partial charge < -0.3 is 5.32 Å². The van der Waals surface area contributed by atoms with Crippen molar-refractivity contribution < 1.29 is 12.8 Å². The highest BCUT2D eigenvalue weighted by Gasteiger charge is 2.06. The number of aryl methyl sites for hydroxylation is 1. The van der Waals surface area contributed by atoms with E-state index in [4.69, 9.17) is 0 Å². The van der Waals surface area contributed by atoms with Crippen molar-refractivity contribution in [3.05, 3.63) is 65.0 Å². The highest BCUT2D eigenvalue weighted by atomic mass is 32.2. The van der Waals surface area contributed by atoms with E-state index < -0.39 is 9.84 Å². The van der Waals surface area contributed by atoms with Crippen LogP contribution in [0.5, 0.6) is 0 Å². The van der Waals surface area contributed by atoms with Gasteiger partial charge >= 0.3 is 0 Å². The van der Waals surface area contributed by atoms with Crippen LogP contribution in [0.4, 0.5) is 4.39 Å². The summed E-state index contributed by atoms with van der Waals surface area (Å²) in [6, 6.07) is 11.9. The van der Waals surface area contributed by atoms with Crippen LogP contribution in [0.1, 0.15) is 16.7 Å². The summed E-state index contributed by atoms with van der Waals surface area (Å²) in [5, 5.41) is 3.21. The van der Waals surface area contributed by atoms with Gasteiger partial charge in [0.2, 0.25) is 0 Å². The Bertz CT molecular complexity index is 724. The lowest BCUT2D eigenvalue weighted by atomic mass is 10.1. The average Bonchev–Trinajstić information content (AvgIpc) is 2.42. The molecule has 0 fully saturated rings. The van der Waals surface area contributed by atoms with Crippen LogP contribution in [0.25, 0.3) is 0 Å². The quantitative estimate of drug-likeness (QED) is 0.924. The van der Waals surface area contributed by atoms with Gasteiger partial charge in [0.1, 0.15) is 5.82 Å². The van der Waals surface area contributed by atoms with Crippen molar-refractivity contribution in [2.75, 3.05) is 6.26 Å². The first-order valence-corrected chi connectivity index (χ1v) is 8.50. The van der Waals surface area contributed by atoms with Crippen molar-refractivity contribution in [3.63, 3.8) is 0 Å². The molecule has 0 radical (unpaired) electrons. The molecule has 3 nitrogen and oxygen atoms in total. The van der Waals surface area contributed by atoms with Gasteiger partial charge in [-0.05, 0) is 41.8 Å². The summed E-state index contributed by atoms with van der Waals surface area (Å²) in [4.78, 5) is 0.312. The molecule has 21 heavy (non-hydrogen) atoms. The molecule has 0 unspecified atom stereocenters. The molecule has 5 heteroatoms. The minimum atomic E-state index is -3.15. The van der Waals surface area contributed by atoms with E-state index in [0.717, 1.165) is 11.1 Å². The molecule has 0 amide bonds. The van der Waals surface area contributed by atoms with Crippen LogP contribution in [-0.4, -0.2) is 14.7 Å². The van der Waals surface area contributed by atoms with Crippen LogP contribution in [0, 0.1) is 12.7 Å². The molecule has 0 aliphatic heterocycles. The molecule has 0 heterocycles. The van der Waals surface area contributed by atoms with Crippen molar-refractivity contribution in [1.82, 2.24) is 5.32 Å². The van der Waals surface area contributed by atoms with E-state index in [-0.39, 0.29) is 5.82 Å². The first-order valence-electron chi connectivity index (χ1n) is 6.61. The smallest absolute Gasteiger partial charge is 0.175 e. The molecule has 0 atom stereocenters. The van der Waals surface area contributed by atoms with E-state index in [0.29, 0.717) is 23.5 Å². The predicted octanol–water partition coefficient (Wildman–Crippen LogP) is 2.83. The first kappa shape index (κ1) is 15.7. The molecule has 0 saturated heterocycles. The monoisotopic (exact) mass is 307 g/mol. The van der Waals surface area contributed by atoms with Crippen molar-refractivity contribution in [1.29, 1.82) is 0 Å². The molecule has 0 aliphatic carbocycles. The second-order valence-corrected chi connectivity index (χ2v) is 7.12. The van der Waals surface area contributed by atoms with Gasteiger partial charge in [0.15, 0.2) is 9.84 Å². The van der Waals surface area contributed by atoms with Crippen molar-refractivity contribution >= 4 is 9.84 Å². The molecule has 2 aromatic carbocycles. The second kappa shape index (κ2) is 6.37. The minimum absolute atomic E-state index is 0.202. The van der Waals surface area contributed by atoms with Gasteiger partial charge in [-0.3, -0.25) is 0 Å². The van der Waals surface area contributed by atoms with Crippen LogP contribution in [0.3, 0.4) is 0 Å². The Kier molecular flexibility index (Phi) is 4.75. The summed E-state index contributed by atoms with van der Waals surface area (Å²) < 4.78 is 36.1. The van der Waals surface area contributed by atoms with Crippen LogP contribution in [0.2, 0.25) is 0 Å². The van der Waals surface area contributed by atoms with Gasteiger partial charge in [0.05, 0.1) is 4.90 Å². The molecule has 0 saturated carbocycles. The molecule has 0 aliphatic rings. The molecule has 2 rings (SSSR count). The SMILES string of the molecule is Cc1ccc(CNCc2ccc(S(C)(=O)=O)cc2)cc1F. The standard InChI is InChI=1S/C16H18FNO2S/c1-12-3-4-14(9-16(12)17)11-18-10-13-5-7-15(8-6-13)21(2,19)20/h3-9,18H,10-11H2,1-2H3. The second-order valence-electron chi connectivity index (χ2n) is 5.10. The van der Waals surface area contributed by atoms with Crippen LogP contribution in [-0.2, 0) is 22.9 Å². The highest BCUT2D eigenvalue weighted by Crippen LogP contribution is 2.11. The maximum atomic E-state index is 13.4. The minimum Gasteiger partial charge on any atom is -0.309 e. The maximum Gasteiger partial charge on any atom is 0.175 e. The van der Waals surface area contributed by atoms with Gasteiger partial charge in [-0.1, -0.05) is 24.3 Å². The number of nitrogens with one attached hydrogen (secondary N) is 1. The Balaban J connectivity index is 1.93. The Morgan fingerprint density at radius 2 is 1.57 bits per heavy atom. The largest absolute Gasteiger partial charge is 0.309 e. The van der Waals surface area contributed by atoms with Crippen molar-refractivity contribution in [2.24, 2.45) is 0 Å². The third kappa shape index (κ3) is 4.37. The average molecular weight is 307 g/mol. The Hall–Kier alpha value is -1.72. The zero-order valence-electron chi connectivity index (χ0n) is 12.1. The predicted molar refractivity (Wildman–Crippen MR) is 81.2 cm³/mol. The zero-order chi connectivity index (χ0) is 15.5. The summed E-state index contributed by atoms with van der Waals surface area (Å²) in [7, 11) is -3.15. The first-order chi connectivity index (χ1) is 9.86.